The smallest absolute Gasteiger partial charge is 0.384 e. The number of ether oxygens (including phenoxy) is 1. The first-order valence-electron chi connectivity index (χ1n) is 6.12. The first-order chi connectivity index (χ1) is 8.34. The van der Waals surface area contributed by atoms with E-state index in [0.717, 1.165) is 31.2 Å². The summed E-state index contributed by atoms with van der Waals surface area (Å²) in [6, 6.07) is 9.47. The molecule has 1 aromatic rings. The van der Waals surface area contributed by atoms with E-state index in [1.165, 1.54) is 6.42 Å². The predicted octanol–water partition coefficient (Wildman–Crippen LogP) is 2.91. The maximum absolute atomic E-state index is 11.5. The third-order valence-electron chi connectivity index (χ3n) is 2.91. The first kappa shape index (κ1) is 11.7. The van der Waals surface area contributed by atoms with Crippen molar-refractivity contribution in [2.24, 2.45) is 0 Å². The molecule has 88 valence electrons. The predicted molar refractivity (Wildman–Crippen MR) is 66.3 cm³/mol. The molecule has 0 N–H and O–H groups in total. The fraction of sp³-hybridized carbons (Fsp3) is 0.400. The molecule has 0 bridgehead atoms. The van der Waals surface area contributed by atoms with Crippen LogP contribution in [0.2, 0.25) is 0 Å². The number of rotatable bonds is 1. The second kappa shape index (κ2) is 6.10. The molecule has 1 aliphatic rings. The molecule has 0 spiro atoms. The van der Waals surface area contributed by atoms with Crippen LogP contribution in [0.15, 0.2) is 30.3 Å². The molecular formula is C15H16O2. The van der Waals surface area contributed by atoms with Crippen LogP contribution in [0.1, 0.15) is 37.7 Å². The zero-order chi connectivity index (χ0) is 11.9. The highest BCUT2D eigenvalue weighted by molar-refractivity contribution is 5.89. The van der Waals surface area contributed by atoms with Crippen LogP contribution < -0.4 is 0 Å². The van der Waals surface area contributed by atoms with E-state index < -0.39 is 5.97 Å². The highest BCUT2D eigenvalue weighted by Crippen LogP contribution is 2.20. The van der Waals surface area contributed by atoms with E-state index in [1.807, 2.05) is 30.3 Å². The number of carbonyl (C=O) groups is 1. The van der Waals surface area contributed by atoms with Gasteiger partial charge in [0.15, 0.2) is 0 Å². The van der Waals surface area contributed by atoms with E-state index in [2.05, 4.69) is 11.8 Å². The summed E-state index contributed by atoms with van der Waals surface area (Å²) in [6.07, 6.45) is 5.62. The number of esters is 1. The third kappa shape index (κ3) is 3.96. The van der Waals surface area contributed by atoms with Gasteiger partial charge in [-0.25, -0.2) is 4.79 Å². The molecule has 0 saturated heterocycles. The molecule has 0 amide bonds. The number of hydrogen-bond acceptors (Lipinski definition) is 2. The fourth-order valence-electron chi connectivity index (χ4n) is 2.01. The molecule has 0 heterocycles. The van der Waals surface area contributed by atoms with Crippen LogP contribution in [0.25, 0.3) is 0 Å². The van der Waals surface area contributed by atoms with Crippen molar-refractivity contribution in [3.63, 3.8) is 0 Å². The molecule has 0 radical (unpaired) electrons. The standard InChI is InChI=1S/C15H16O2/c16-15(17-14-9-5-2-6-10-14)12-11-13-7-3-1-4-8-13/h1,3-4,7-8,14H,2,5-6,9-10H2. The molecule has 0 unspecified atom stereocenters. The van der Waals surface area contributed by atoms with Gasteiger partial charge in [0.1, 0.15) is 6.10 Å². The van der Waals surface area contributed by atoms with E-state index in [0.29, 0.717) is 0 Å². The van der Waals surface area contributed by atoms with Gasteiger partial charge in [-0.05, 0) is 37.8 Å². The molecule has 1 saturated carbocycles. The lowest BCUT2D eigenvalue weighted by Crippen LogP contribution is -2.19. The molecule has 0 aliphatic heterocycles. The molecule has 17 heavy (non-hydrogen) atoms. The van der Waals surface area contributed by atoms with Crippen molar-refractivity contribution in [2.45, 2.75) is 38.2 Å². The van der Waals surface area contributed by atoms with Gasteiger partial charge in [-0.1, -0.05) is 30.5 Å². The largest absolute Gasteiger partial charge is 0.453 e. The highest BCUT2D eigenvalue weighted by Gasteiger charge is 2.16. The Bertz CT molecular complexity index is 419. The second-order valence-corrected chi connectivity index (χ2v) is 4.28. The molecule has 2 nitrogen and oxygen atoms in total. The Balaban J connectivity index is 1.87. The molecular weight excluding hydrogens is 212 g/mol. The van der Waals surface area contributed by atoms with Crippen molar-refractivity contribution in [1.29, 1.82) is 0 Å². The summed E-state index contributed by atoms with van der Waals surface area (Å²) < 4.78 is 5.30. The van der Waals surface area contributed by atoms with Gasteiger partial charge in [0, 0.05) is 11.5 Å². The van der Waals surface area contributed by atoms with Gasteiger partial charge in [-0.15, -0.1) is 0 Å². The molecule has 1 aliphatic carbocycles. The summed E-state index contributed by atoms with van der Waals surface area (Å²) in [5.74, 6) is 4.94. The minimum absolute atomic E-state index is 0.0846. The van der Waals surface area contributed by atoms with E-state index in [1.54, 1.807) is 0 Å². The normalized spacial score (nSPS) is 15.8. The van der Waals surface area contributed by atoms with Crippen LogP contribution in [-0.4, -0.2) is 12.1 Å². The van der Waals surface area contributed by atoms with Crippen LogP contribution in [0, 0.1) is 11.8 Å². The minimum Gasteiger partial charge on any atom is -0.453 e. The molecule has 2 rings (SSSR count). The molecule has 1 aromatic carbocycles. The Morgan fingerprint density at radius 3 is 2.53 bits per heavy atom. The average Bonchev–Trinajstić information content (AvgIpc) is 2.39. The van der Waals surface area contributed by atoms with Gasteiger partial charge in [-0.2, -0.15) is 0 Å². The van der Waals surface area contributed by atoms with Crippen molar-refractivity contribution >= 4 is 5.97 Å². The summed E-state index contributed by atoms with van der Waals surface area (Å²) in [6.45, 7) is 0. The van der Waals surface area contributed by atoms with E-state index in [4.69, 9.17) is 4.74 Å². The van der Waals surface area contributed by atoms with Gasteiger partial charge >= 0.3 is 5.97 Å². The fourth-order valence-corrected chi connectivity index (χ4v) is 2.01. The molecule has 0 atom stereocenters. The zero-order valence-electron chi connectivity index (χ0n) is 9.82. The van der Waals surface area contributed by atoms with Gasteiger partial charge in [0.25, 0.3) is 0 Å². The Kier molecular flexibility index (Phi) is 4.21. The topological polar surface area (TPSA) is 26.3 Å². The molecule has 1 fully saturated rings. The summed E-state index contributed by atoms with van der Waals surface area (Å²) >= 11 is 0. The number of carbonyl (C=O) groups excluding carboxylic acids is 1. The number of benzene rings is 1. The van der Waals surface area contributed by atoms with E-state index in [9.17, 15) is 4.79 Å². The van der Waals surface area contributed by atoms with E-state index in [-0.39, 0.29) is 6.10 Å². The lowest BCUT2D eigenvalue weighted by Gasteiger charge is -2.20. The van der Waals surface area contributed by atoms with Crippen LogP contribution in [0.3, 0.4) is 0 Å². The van der Waals surface area contributed by atoms with Crippen molar-refractivity contribution in [3.8, 4) is 11.8 Å². The second-order valence-electron chi connectivity index (χ2n) is 4.28. The molecule has 0 aromatic heterocycles. The quantitative estimate of drug-likeness (QED) is 0.545. The lowest BCUT2D eigenvalue weighted by molar-refractivity contribution is -0.143. The Morgan fingerprint density at radius 1 is 1.12 bits per heavy atom. The van der Waals surface area contributed by atoms with Crippen LogP contribution in [-0.2, 0) is 9.53 Å². The lowest BCUT2D eigenvalue weighted by atomic mass is 9.98. The van der Waals surface area contributed by atoms with Gasteiger partial charge in [0.2, 0.25) is 0 Å². The van der Waals surface area contributed by atoms with Crippen molar-refractivity contribution in [2.75, 3.05) is 0 Å². The summed E-state index contributed by atoms with van der Waals surface area (Å²) in [5.41, 5.74) is 0.841. The van der Waals surface area contributed by atoms with Crippen molar-refractivity contribution < 1.29 is 9.53 Å². The highest BCUT2D eigenvalue weighted by atomic mass is 16.5. The van der Waals surface area contributed by atoms with Gasteiger partial charge in [0.05, 0.1) is 0 Å². The summed E-state index contributed by atoms with van der Waals surface area (Å²) in [4.78, 5) is 11.5. The maximum Gasteiger partial charge on any atom is 0.384 e. The number of hydrogen-bond donors (Lipinski definition) is 0. The van der Waals surface area contributed by atoms with Crippen molar-refractivity contribution in [3.05, 3.63) is 35.9 Å². The third-order valence-corrected chi connectivity index (χ3v) is 2.91. The Hall–Kier alpha value is -1.75. The van der Waals surface area contributed by atoms with Gasteiger partial charge in [-0.3, -0.25) is 0 Å². The van der Waals surface area contributed by atoms with Gasteiger partial charge < -0.3 is 4.74 Å². The van der Waals surface area contributed by atoms with E-state index >= 15 is 0 Å². The Morgan fingerprint density at radius 2 is 1.82 bits per heavy atom. The first-order valence-corrected chi connectivity index (χ1v) is 6.12. The minimum atomic E-state index is -0.402. The monoisotopic (exact) mass is 228 g/mol. The Labute approximate surface area is 102 Å². The van der Waals surface area contributed by atoms with Crippen LogP contribution in [0.4, 0.5) is 0 Å². The zero-order valence-corrected chi connectivity index (χ0v) is 9.82. The maximum atomic E-state index is 11.5. The molecule has 2 heteroatoms. The SMILES string of the molecule is O=C(C#Cc1ccccc1)OC1CCCCC1. The van der Waals surface area contributed by atoms with Crippen LogP contribution in [0.5, 0.6) is 0 Å². The summed E-state index contributed by atoms with van der Waals surface area (Å²) in [5, 5.41) is 0. The van der Waals surface area contributed by atoms with Crippen molar-refractivity contribution in [1.82, 2.24) is 0 Å². The van der Waals surface area contributed by atoms with Crippen LogP contribution >= 0.6 is 0 Å². The summed E-state index contributed by atoms with van der Waals surface area (Å²) in [7, 11) is 0. The average molecular weight is 228 g/mol.